The van der Waals surface area contributed by atoms with Gasteiger partial charge < -0.3 is 9.47 Å². The van der Waals surface area contributed by atoms with Crippen LogP contribution in [0.2, 0.25) is 0 Å². The number of aryl methyl sites for hydroxylation is 1. The standard InChI is InChI=1S/C26H28F8O2/c1-2-3-16-4-6-17(7-5-16)19-9-8-18(21(27)12-19)10-11-26(33,34)36-20-13-22(28)24(23(29)14-20)35-15-25(30,31)32/h8-9,12-14,16-17H,2-7,10-11,15H2,1H3. The third-order valence-electron chi connectivity index (χ3n) is 6.40. The van der Waals surface area contributed by atoms with E-state index in [1.54, 1.807) is 6.07 Å². The summed E-state index contributed by atoms with van der Waals surface area (Å²) in [7, 11) is 0. The fourth-order valence-corrected chi connectivity index (χ4v) is 4.60. The van der Waals surface area contributed by atoms with Gasteiger partial charge in [-0.1, -0.05) is 31.9 Å². The Morgan fingerprint density at radius 2 is 1.50 bits per heavy atom. The van der Waals surface area contributed by atoms with E-state index in [9.17, 15) is 35.1 Å². The van der Waals surface area contributed by atoms with Crippen LogP contribution in [0.25, 0.3) is 0 Å². The normalized spacial score (nSPS) is 18.8. The Balaban J connectivity index is 1.58. The molecule has 0 aliphatic heterocycles. The molecule has 2 aromatic carbocycles. The van der Waals surface area contributed by atoms with Gasteiger partial charge in [-0.05, 0) is 61.1 Å². The van der Waals surface area contributed by atoms with Gasteiger partial charge in [0, 0.05) is 12.1 Å². The van der Waals surface area contributed by atoms with Gasteiger partial charge in [-0.15, -0.1) is 0 Å². The Morgan fingerprint density at radius 3 is 2.06 bits per heavy atom. The van der Waals surface area contributed by atoms with Crippen molar-refractivity contribution >= 4 is 0 Å². The molecule has 2 nitrogen and oxygen atoms in total. The van der Waals surface area contributed by atoms with Gasteiger partial charge in [0.25, 0.3) is 0 Å². The van der Waals surface area contributed by atoms with Crippen LogP contribution in [0.5, 0.6) is 11.5 Å². The van der Waals surface area contributed by atoms with Gasteiger partial charge in [0.2, 0.25) is 0 Å². The second kappa shape index (κ2) is 11.7. The third-order valence-corrected chi connectivity index (χ3v) is 6.40. The number of halogens is 8. The topological polar surface area (TPSA) is 18.5 Å². The molecule has 0 aromatic heterocycles. The van der Waals surface area contributed by atoms with Gasteiger partial charge in [-0.3, -0.25) is 0 Å². The molecule has 0 atom stereocenters. The highest BCUT2D eigenvalue weighted by molar-refractivity contribution is 5.35. The molecule has 1 saturated carbocycles. The first-order chi connectivity index (χ1) is 16.9. The molecule has 1 aliphatic rings. The summed E-state index contributed by atoms with van der Waals surface area (Å²) in [6.45, 7) is 0.195. The van der Waals surface area contributed by atoms with Crippen molar-refractivity contribution in [2.24, 2.45) is 5.92 Å². The molecule has 0 spiro atoms. The Labute approximate surface area is 204 Å². The molecule has 0 saturated heterocycles. The highest BCUT2D eigenvalue weighted by Gasteiger charge is 2.34. The molecule has 2 aromatic rings. The predicted molar refractivity (Wildman–Crippen MR) is 118 cm³/mol. The number of hydrogen-bond donors (Lipinski definition) is 0. The quantitative estimate of drug-likeness (QED) is 0.290. The maximum absolute atomic E-state index is 14.6. The Morgan fingerprint density at radius 1 is 0.861 bits per heavy atom. The molecule has 0 radical (unpaired) electrons. The van der Waals surface area contributed by atoms with Crippen molar-refractivity contribution in [2.75, 3.05) is 6.61 Å². The largest absolute Gasteiger partial charge is 0.478 e. The Bertz CT molecular complexity index is 990. The lowest BCUT2D eigenvalue weighted by molar-refractivity contribution is -0.180. The molecule has 0 heterocycles. The van der Waals surface area contributed by atoms with Crippen molar-refractivity contribution < 1.29 is 44.6 Å². The first kappa shape index (κ1) is 28.1. The Hall–Kier alpha value is -2.52. The summed E-state index contributed by atoms with van der Waals surface area (Å²) in [6, 6.07) is 5.18. The summed E-state index contributed by atoms with van der Waals surface area (Å²) in [5.74, 6) is -5.23. The number of ether oxygens (including phenoxy) is 2. The molecule has 10 heteroatoms. The highest BCUT2D eigenvalue weighted by Crippen LogP contribution is 2.38. The van der Waals surface area contributed by atoms with E-state index >= 15 is 0 Å². The third kappa shape index (κ3) is 8.00. The summed E-state index contributed by atoms with van der Waals surface area (Å²) < 4.78 is 116. The van der Waals surface area contributed by atoms with Crippen molar-refractivity contribution in [3.05, 3.63) is 58.9 Å². The molecule has 1 fully saturated rings. The molecule has 200 valence electrons. The first-order valence-corrected chi connectivity index (χ1v) is 11.9. The molecule has 1 aliphatic carbocycles. The summed E-state index contributed by atoms with van der Waals surface area (Å²) in [4.78, 5) is 0. The second-order valence-electron chi connectivity index (χ2n) is 9.22. The van der Waals surface area contributed by atoms with Crippen LogP contribution < -0.4 is 9.47 Å². The van der Waals surface area contributed by atoms with Gasteiger partial charge in [0.05, 0.1) is 6.42 Å². The molecular formula is C26H28F8O2. The van der Waals surface area contributed by atoms with Crippen LogP contribution in [0.15, 0.2) is 30.3 Å². The van der Waals surface area contributed by atoms with Crippen LogP contribution in [-0.4, -0.2) is 18.9 Å². The fourth-order valence-electron chi connectivity index (χ4n) is 4.60. The van der Waals surface area contributed by atoms with Gasteiger partial charge in [-0.2, -0.15) is 22.0 Å². The number of rotatable bonds is 10. The number of benzene rings is 2. The predicted octanol–water partition coefficient (Wildman–Crippen LogP) is 8.72. The van der Waals surface area contributed by atoms with Crippen LogP contribution in [0.1, 0.15) is 68.9 Å². The van der Waals surface area contributed by atoms with Crippen molar-refractivity contribution in [3.63, 3.8) is 0 Å². The maximum atomic E-state index is 14.6. The molecular weight excluding hydrogens is 496 g/mol. The summed E-state index contributed by atoms with van der Waals surface area (Å²) in [5, 5.41) is 0. The lowest BCUT2D eigenvalue weighted by Crippen LogP contribution is -2.26. The van der Waals surface area contributed by atoms with Crippen molar-refractivity contribution in [3.8, 4) is 11.5 Å². The van der Waals surface area contributed by atoms with Crippen molar-refractivity contribution in [1.82, 2.24) is 0 Å². The minimum atomic E-state index is -4.84. The lowest BCUT2D eigenvalue weighted by atomic mass is 9.77. The summed E-state index contributed by atoms with van der Waals surface area (Å²) in [6.07, 6.45) is -3.74. The van der Waals surface area contributed by atoms with Crippen LogP contribution in [0, 0.1) is 23.4 Å². The van der Waals surface area contributed by atoms with Crippen molar-refractivity contribution in [2.45, 2.75) is 76.5 Å². The van der Waals surface area contributed by atoms with E-state index in [-0.39, 0.29) is 11.5 Å². The molecule has 0 amide bonds. The van der Waals surface area contributed by atoms with Crippen LogP contribution in [0.3, 0.4) is 0 Å². The van der Waals surface area contributed by atoms with E-state index in [1.807, 2.05) is 0 Å². The SMILES string of the molecule is CCCC1CCC(c2ccc(CCC(F)(F)Oc3cc(F)c(OCC(F)(F)F)c(F)c3)c(F)c2)CC1. The second-order valence-corrected chi connectivity index (χ2v) is 9.22. The van der Waals surface area contributed by atoms with Gasteiger partial charge in [0.15, 0.2) is 24.0 Å². The highest BCUT2D eigenvalue weighted by atomic mass is 19.4. The summed E-state index contributed by atoms with van der Waals surface area (Å²) in [5.41, 5.74) is 0.892. The average molecular weight is 524 g/mol. The smallest absolute Gasteiger partial charge is 0.422 e. The van der Waals surface area contributed by atoms with Crippen molar-refractivity contribution in [1.29, 1.82) is 0 Å². The minimum Gasteiger partial charge on any atom is -0.478 e. The minimum absolute atomic E-state index is 0.0509. The van der Waals surface area contributed by atoms with Gasteiger partial charge >= 0.3 is 12.3 Å². The van der Waals surface area contributed by atoms with E-state index in [0.717, 1.165) is 37.7 Å². The number of hydrogen-bond acceptors (Lipinski definition) is 2. The average Bonchev–Trinajstić information content (AvgIpc) is 2.77. The lowest BCUT2D eigenvalue weighted by Gasteiger charge is -2.28. The number of alkyl halides is 5. The monoisotopic (exact) mass is 524 g/mol. The van der Waals surface area contributed by atoms with E-state index < -0.39 is 60.7 Å². The zero-order chi connectivity index (χ0) is 26.5. The van der Waals surface area contributed by atoms with E-state index in [2.05, 4.69) is 16.4 Å². The molecule has 0 unspecified atom stereocenters. The van der Waals surface area contributed by atoms with Gasteiger partial charge in [-0.25, -0.2) is 13.2 Å². The maximum Gasteiger partial charge on any atom is 0.422 e. The molecule has 0 bridgehead atoms. The van der Waals surface area contributed by atoms with Gasteiger partial charge in [0.1, 0.15) is 11.6 Å². The first-order valence-electron chi connectivity index (χ1n) is 11.9. The fraction of sp³-hybridized carbons (Fsp3) is 0.538. The Kier molecular flexibility index (Phi) is 9.11. The van der Waals surface area contributed by atoms with E-state index in [4.69, 9.17) is 0 Å². The zero-order valence-corrected chi connectivity index (χ0v) is 19.7. The van der Waals surface area contributed by atoms with Crippen LogP contribution >= 0.6 is 0 Å². The van der Waals surface area contributed by atoms with E-state index in [0.29, 0.717) is 18.1 Å². The van der Waals surface area contributed by atoms with Crippen LogP contribution in [0.4, 0.5) is 35.1 Å². The molecule has 0 N–H and O–H groups in total. The molecule has 3 rings (SSSR count). The van der Waals surface area contributed by atoms with Crippen LogP contribution in [-0.2, 0) is 6.42 Å². The molecule has 36 heavy (non-hydrogen) atoms. The zero-order valence-electron chi connectivity index (χ0n) is 19.7. The van der Waals surface area contributed by atoms with E-state index in [1.165, 1.54) is 18.6 Å². The summed E-state index contributed by atoms with van der Waals surface area (Å²) >= 11 is 0.